The number of amides is 3. The minimum atomic E-state index is -0.224. The van der Waals surface area contributed by atoms with Crippen LogP contribution < -0.4 is 10.2 Å². The lowest BCUT2D eigenvalue weighted by molar-refractivity contribution is -0.123. The molecule has 1 saturated carbocycles. The second kappa shape index (κ2) is 6.66. The summed E-state index contributed by atoms with van der Waals surface area (Å²) in [6.07, 6.45) is 3.09. The van der Waals surface area contributed by atoms with E-state index < -0.39 is 0 Å². The molecule has 1 heterocycles. The number of rotatable bonds is 3. The summed E-state index contributed by atoms with van der Waals surface area (Å²) < 4.78 is 0. The first kappa shape index (κ1) is 18.8. The van der Waals surface area contributed by atoms with Crippen molar-refractivity contribution in [1.82, 2.24) is 0 Å². The Morgan fingerprint density at radius 2 is 1.63 bits per heavy atom. The quantitative estimate of drug-likeness (QED) is 0.618. The van der Waals surface area contributed by atoms with Gasteiger partial charge in [-0.05, 0) is 86.6 Å². The van der Waals surface area contributed by atoms with Gasteiger partial charge in [-0.3, -0.25) is 19.3 Å². The van der Waals surface area contributed by atoms with E-state index in [-0.39, 0.29) is 41.4 Å². The number of hydrogen-bond donors (Lipinski definition) is 1. The first-order chi connectivity index (χ1) is 14.3. The van der Waals surface area contributed by atoms with Crippen LogP contribution in [-0.4, -0.2) is 17.7 Å². The molecular weight excluding hydrogens is 376 g/mol. The number of allylic oxidation sites excluding steroid dienone is 2. The molecule has 5 nitrogen and oxygen atoms in total. The summed E-state index contributed by atoms with van der Waals surface area (Å²) in [6.45, 7) is 6.09. The first-order valence-corrected chi connectivity index (χ1v) is 10.4. The first-order valence-electron chi connectivity index (χ1n) is 10.4. The van der Waals surface area contributed by atoms with Crippen LogP contribution in [0.25, 0.3) is 0 Å². The van der Waals surface area contributed by atoms with Crippen molar-refractivity contribution in [2.24, 2.45) is 23.7 Å². The lowest BCUT2D eigenvalue weighted by atomic mass is 9.82. The van der Waals surface area contributed by atoms with Gasteiger partial charge in [0.15, 0.2) is 0 Å². The van der Waals surface area contributed by atoms with Crippen molar-refractivity contribution >= 4 is 29.1 Å². The van der Waals surface area contributed by atoms with Crippen molar-refractivity contribution in [3.63, 3.8) is 0 Å². The van der Waals surface area contributed by atoms with E-state index in [0.717, 1.165) is 17.7 Å². The number of fused-ring (bicyclic) bond motifs is 5. The highest BCUT2D eigenvalue weighted by molar-refractivity contribution is 6.23. The number of hydrogen-bond acceptors (Lipinski definition) is 3. The fourth-order valence-electron chi connectivity index (χ4n) is 5.31. The molecule has 2 aromatic carbocycles. The molecule has 1 aliphatic heterocycles. The highest BCUT2D eigenvalue weighted by Crippen LogP contribution is 2.55. The van der Waals surface area contributed by atoms with Crippen molar-refractivity contribution in [1.29, 1.82) is 0 Å². The molecule has 3 aliphatic rings. The Morgan fingerprint density at radius 1 is 0.933 bits per heavy atom. The molecular formula is C25H24N2O3. The monoisotopic (exact) mass is 400 g/mol. The third-order valence-corrected chi connectivity index (χ3v) is 7.03. The maximum atomic E-state index is 13.1. The molecule has 30 heavy (non-hydrogen) atoms. The van der Waals surface area contributed by atoms with Gasteiger partial charge in [0.1, 0.15) is 0 Å². The molecule has 0 radical (unpaired) electrons. The van der Waals surface area contributed by atoms with E-state index in [0.29, 0.717) is 11.3 Å². The zero-order chi connectivity index (χ0) is 21.2. The van der Waals surface area contributed by atoms with Crippen LogP contribution in [0.4, 0.5) is 11.4 Å². The van der Waals surface area contributed by atoms with Gasteiger partial charge in [0.25, 0.3) is 5.91 Å². The smallest absolute Gasteiger partial charge is 0.255 e. The Balaban J connectivity index is 1.34. The highest BCUT2D eigenvalue weighted by Gasteiger charge is 2.60. The van der Waals surface area contributed by atoms with Crippen LogP contribution in [0.2, 0.25) is 0 Å². The van der Waals surface area contributed by atoms with Crippen LogP contribution in [0.15, 0.2) is 54.1 Å². The van der Waals surface area contributed by atoms with Crippen molar-refractivity contribution in [2.45, 2.75) is 27.2 Å². The molecule has 0 aromatic heterocycles. The second-order valence-electron chi connectivity index (χ2n) is 8.78. The van der Waals surface area contributed by atoms with Gasteiger partial charge in [-0.1, -0.05) is 17.7 Å². The molecule has 5 rings (SSSR count). The third kappa shape index (κ3) is 2.72. The van der Waals surface area contributed by atoms with Crippen LogP contribution in [0, 0.1) is 37.5 Å². The SMILES string of the molecule is CC1=C[C@@H]2C[C@@H]1[C@@H]1C(=O)N(c3ccc(C(=O)Nc4ccc(C)c(C)c4)cc3)C(=O)[C@H]12. The molecule has 1 N–H and O–H groups in total. The maximum absolute atomic E-state index is 13.1. The molecule has 0 spiro atoms. The van der Waals surface area contributed by atoms with Gasteiger partial charge in [0.05, 0.1) is 17.5 Å². The molecule has 1 saturated heterocycles. The van der Waals surface area contributed by atoms with Gasteiger partial charge in [0.2, 0.25) is 11.8 Å². The van der Waals surface area contributed by atoms with Gasteiger partial charge >= 0.3 is 0 Å². The standard InChI is InChI=1S/C25H24N2O3/c1-13-4-7-18(11-14(13)2)26-23(28)16-5-8-19(9-6-16)27-24(29)21-17-10-15(3)20(12-17)22(21)25(27)30/h4-11,17,20-22H,12H2,1-3H3,(H,26,28)/t17-,20+,21+,22+/m1/s1. The van der Waals surface area contributed by atoms with E-state index in [1.807, 2.05) is 32.0 Å². The van der Waals surface area contributed by atoms with Gasteiger partial charge < -0.3 is 5.32 Å². The summed E-state index contributed by atoms with van der Waals surface area (Å²) >= 11 is 0. The Hall–Kier alpha value is -3.21. The Kier molecular flexibility index (Phi) is 4.17. The molecule has 2 bridgehead atoms. The summed E-state index contributed by atoms with van der Waals surface area (Å²) in [5.74, 6) is -0.488. The molecule has 3 amide bonds. The van der Waals surface area contributed by atoms with E-state index in [4.69, 9.17) is 0 Å². The molecule has 0 unspecified atom stereocenters. The topological polar surface area (TPSA) is 66.5 Å². The number of nitrogens with zero attached hydrogens (tertiary/aromatic N) is 1. The zero-order valence-corrected chi connectivity index (χ0v) is 17.3. The van der Waals surface area contributed by atoms with E-state index in [1.165, 1.54) is 16.0 Å². The Morgan fingerprint density at radius 3 is 2.33 bits per heavy atom. The summed E-state index contributed by atoms with van der Waals surface area (Å²) in [5.41, 5.74) is 5.28. The number of imide groups is 1. The van der Waals surface area contributed by atoms with Crippen LogP contribution >= 0.6 is 0 Å². The van der Waals surface area contributed by atoms with Crippen molar-refractivity contribution in [3.05, 3.63) is 70.8 Å². The van der Waals surface area contributed by atoms with Crippen LogP contribution in [0.1, 0.15) is 34.8 Å². The van der Waals surface area contributed by atoms with Crippen LogP contribution in [-0.2, 0) is 9.59 Å². The van der Waals surface area contributed by atoms with Crippen molar-refractivity contribution in [2.75, 3.05) is 10.2 Å². The third-order valence-electron chi connectivity index (χ3n) is 7.03. The fourth-order valence-corrected chi connectivity index (χ4v) is 5.31. The highest BCUT2D eigenvalue weighted by atomic mass is 16.2. The zero-order valence-electron chi connectivity index (χ0n) is 17.3. The minimum absolute atomic E-state index is 0.0997. The predicted octanol–water partition coefficient (Wildman–Crippen LogP) is 4.26. The summed E-state index contributed by atoms with van der Waals surface area (Å²) in [4.78, 5) is 40.0. The molecule has 2 aromatic rings. The van der Waals surface area contributed by atoms with E-state index >= 15 is 0 Å². The molecule has 2 aliphatic carbocycles. The summed E-state index contributed by atoms with van der Waals surface area (Å²) in [6, 6.07) is 12.5. The number of aryl methyl sites for hydroxylation is 2. The van der Waals surface area contributed by atoms with Gasteiger partial charge in [-0.15, -0.1) is 0 Å². The van der Waals surface area contributed by atoms with E-state index in [2.05, 4.69) is 18.3 Å². The van der Waals surface area contributed by atoms with E-state index in [9.17, 15) is 14.4 Å². The predicted molar refractivity (Wildman–Crippen MR) is 115 cm³/mol. The molecule has 5 heteroatoms. The second-order valence-corrected chi connectivity index (χ2v) is 8.78. The van der Waals surface area contributed by atoms with Crippen LogP contribution in [0.5, 0.6) is 0 Å². The normalized spacial score (nSPS) is 26.8. The number of benzene rings is 2. The van der Waals surface area contributed by atoms with Crippen molar-refractivity contribution < 1.29 is 14.4 Å². The molecule has 4 atom stereocenters. The van der Waals surface area contributed by atoms with Gasteiger partial charge in [-0.25, -0.2) is 0 Å². The molecule has 2 fully saturated rings. The molecule has 152 valence electrons. The number of nitrogens with one attached hydrogen (secondary N) is 1. The van der Waals surface area contributed by atoms with Gasteiger partial charge in [0, 0.05) is 11.3 Å². The number of carbonyl (C=O) groups is 3. The van der Waals surface area contributed by atoms with Crippen LogP contribution in [0.3, 0.4) is 0 Å². The van der Waals surface area contributed by atoms with Crippen molar-refractivity contribution in [3.8, 4) is 0 Å². The largest absolute Gasteiger partial charge is 0.322 e. The Bertz CT molecular complexity index is 1120. The minimum Gasteiger partial charge on any atom is -0.322 e. The average Bonchev–Trinajstić information content (AvgIpc) is 3.35. The lowest BCUT2D eigenvalue weighted by Gasteiger charge is -2.19. The Labute approximate surface area is 175 Å². The number of carbonyl (C=O) groups excluding carboxylic acids is 3. The maximum Gasteiger partial charge on any atom is 0.255 e. The summed E-state index contributed by atoms with van der Waals surface area (Å²) in [7, 11) is 0. The summed E-state index contributed by atoms with van der Waals surface area (Å²) in [5, 5.41) is 2.90. The number of anilines is 2. The lowest BCUT2D eigenvalue weighted by Crippen LogP contribution is -2.33. The van der Waals surface area contributed by atoms with E-state index in [1.54, 1.807) is 24.3 Å². The van der Waals surface area contributed by atoms with Gasteiger partial charge in [-0.2, -0.15) is 0 Å². The fraction of sp³-hybridized carbons (Fsp3) is 0.320. The average molecular weight is 400 g/mol.